The molecular formula is C32H46N2O5. The topological polar surface area (TPSA) is 114 Å². The summed E-state index contributed by atoms with van der Waals surface area (Å²) in [5.41, 5.74) is 7.18. The molecule has 214 valence electrons. The lowest BCUT2D eigenvalue weighted by atomic mass is 9.72. The molecule has 2 aliphatic rings. The number of hydrogen-bond donors (Lipinski definition) is 4. The van der Waals surface area contributed by atoms with Gasteiger partial charge in [-0.1, -0.05) is 43.5 Å². The van der Waals surface area contributed by atoms with Gasteiger partial charge in [0.05, 0.1) is 25.4 Å². The van der Waals surface area contributed by atoms with Gasteiger partial charge in [0.15, 0.2) is 0 Å². The largest absolute Gasteiger partial charge is 0.493 e. The van der Waals surface area contributed by atoms with E-state index in [0.717, 1.165) is 42.1 Å². The van der Waals surface area contributed by atoms with Crippen LogP contribution in [0.4, 0.5) is 0 Å². The monoisotopic (exact) mass is 538 g/mol. The Balaban J connectivity index is 1.14. The second-order valence-electron chi connectivity index (χ2n) is 11.3. The second kappa shape index (κ2) is 15.2. The fourth-order valence-corrected chi connectivity index (χ4v) is 5.67. The lowest BCUT2D eigenvalue weighted by Crippen LogP contribution is -2.36. The van der Waals surface area contributed by atoms with Crippen molar-refractivity contribution < 1.29 is 24.5 Å². The number of carbonyl (C=O) groups excluding carboxylic acids is 1. The molecule has 2 aliphatic carbocycles. The number of benzene rings is 2. The molecule has 4 atom stereocenters. The van der Waals surface area contributed by atoms with Gasteiger partial charge in [0.1, 0.15) is 11.5 Å². The van der Waals surface area contributed by atoms with Crippen molar-refractivity contribution in [2.75, 3.05) is 26.3 Å². The number of nitrogens with one attached hydrogen (secondary N) is 1. The molecule has 0 aromatic heterocycles. The van der Waals surface area contributed by atoms with E-state index in [2.05, 4.69) is 5.32 Å². The average molecular weight is 539 g/mol. The number of amides is 1. The summed E-state index contributed by atoms with van der Waals surface area (Å²) in [6.45, 7) is 2.16. The van der Waals surface area contributed by atoms with Crippen LogP contribution in [0.2, 0.25) is 0 Å². The number of hydrogen-bond acceptors (Lipinski definition) is 6. The molecule has 7 heteroatoms. The molecule has 0 aliphatic heterocycles. The summed E-state index contributed by atoms with van der Waals surface area (Å²) in [4.78, 5) is 12.6. The minimum absolute atomic E-state index is 0.0216. The van der Waals surface area contributed by atoms with Crippen molar-refractivity contribution in [3.63, 3.8) is 0 Å². The molecule has 5 N–H and O–H groups in total. The third-order valence-electron chi connectivity index (χ3n) is 8.36. The molecule has 7 nitrogen and oxygen atoms in total. The predicted octanol–water partition coefficient (Wildman–Crippen LogP) is 5.06. The molecule has 2 aromatic rings. The van der Waals surface area contributed by atoms with Crippen LogP contribution in [-0.4, -0.2) is 42.4 Å². The highest BCUT2D eigenvalue weighted by molar-refractivity contribution is 5.76. The number of carbonyl (C=O) groups is 1. The molecule has 1 amide bonds. The van der Waals surface area contributed by atoms with Crippen LogP contribution in [0.3, 0.4) is 0 Å². The van der Waals surface area contributed by atoms with E-state index in [4.69, 9.17) is 15.2 Å². The molecule has 2 aromatic carbocycles. The summed E-state index contributed by atoms with van der Waals surface area (Å²) in [6.07, 6.45) is 8.70. The minimum Gasteiger partial charge on any atom is -0.493 e. The van der Waals surface area contributed by atoms with Crippen molar-refractivity contribution in [1.82, 2.24) is 5.32 Å². The van der Waals surface area contributed by atoms with Crippen LogP contribution in [0.5, 0.6) is 11.5 Å². The Labute approximate surface area is 233 Å². The maximum atomic E-state index is 12.6. The quantitative estimate of drug-likeness (QED) is 0.252. The van der Waals surface area contributed by atoms with Gasteiger partial charge in [-0.2, -0.15) is 0 Å². The first-order valence-electron chi connectivity index (χ1n) is 14.8. The van der Waals surface area contributed by atoms with Gasteiger partial charge in [-0.25, -0.2) is 0 Å². The molecule has 4 rings (SSSR count). The summed E-state index contributed by atoms with van der Waals surface area (Å²) < 4.78 is 12.0. The fraction of sp³-hybridized carbons (Fsp3) is 0.594. The normalized spacial score (nSPS) is 21.0. The summed E-state index contributed by atoms with van der Waals surface area (Å²) >= 11 is 0. The number of nitrogens with two attached hydrogens (primary N) is 1. The number of aliphatic hydroxyl groups is 2. The molecule has 0 heterocycles. The standard InChI is InChI=1S/C32H46N2O5/c33-16-14-30(35)25-8-4-11-29(18-25)39-22-27-13-12-24(27)20-32(37)34-17-15-31(36)26-9-5-10-28(19-26)38-21-23-6-2-1-3-7-23/h4-5,8-11,18-19,23-24,27,30-31,35-36H,1-3,6-7,12-17,20-22,33H2,(H,34,37)/t24?,27?,30-,31?/m1/s1. The van der Waals surface area contributed by atoms with E-state index >= 15 is 0 Å². The zero-order valence-corrected chi connectivity index (χ0v) is 23.1. The zero-order chi connectivity index (χ0) is 27.5. The highest BCUT2D eigenvalue weighted by Crippen LogP contribution is 2.37. The van der Waals surface area contributed by atoms with Gasteiger partial charge >= 0.3 is 0 Å². The smallest absolute Gasteiger partial charge is 0.220 e. The van der Waals surface area contributed by atoms with E-state index in [9.17, 15) is 15.0 Å². The van der Waals surface area contributed by atoms with E-state index < -0.39 is 12.2 Å². The van der Waals surface area contributed by atoms with E-state index in [1.165, 1.54) is 32.1 Å². The van der Waals surface area contributed by atoms with E-state index in [1.54, 1.807) is 0 Å². The first-order chi connectivity index (χ1) is 19.0. The van der Waals surface area contributed by atoms with Gasteiger partial charge < -0.3 is 30.7 Å². The number of rotatable bonds is 15. The SMILES string of the molecule is NCC[C@@H](O)c1cccc(OCC2CCC2CC(=O)NCCC(O)c2cccc(OCC3CCCCC3)c2)c1. The van der Waals surface area contributed by atoms with Gasteiger partial charge in [-0.15, -0.1) is 0 Å². The number of aliphatic hydroxyl groups excluding tert-OH is 2. The van der Waals surface area contributed by atoms with E-state index in [1.807, 2.05) is 48.5 Å². The highest BCUT2D eigenvalue weighted by Gasteiger charge is 2.33. The molecule has 0 saturated heterocycles. The van der Waals surface area contributed by atoms with Crippen molar-refractivity contribution in [3.8, 4) is 11.5 Å². The molecule has 0 bridgehead atoms. The van der Waals surface area contributed by atoms with E-state index in [0.29, 0.717) is 56.7 Å². The zero-order valence-electron chi connectivity index (χ0n) is 23.1. The first-order valence-corrected chi connectivity index (χ1v) is 14.8. The maximum Gasteiger partial charge on any atom is 0.220 e. The van der Waals surface area contributed by atoms with Crippen molar-refractivity contribution >= 4 is 5.91 Å². The molecule has 0 radical (unpaired) electrons. The van der Waals surface area contributed by atoms with Gasteiger partial charge in [0, 0.05) is 13.0 Å². The van der Waals surface area contributed by atoms with Crippen LogP contribution >= 0.6 is 0 Å². The van der Waals surface area contributed by atoms with Crippen molar-refractivity contribution in [2.24, 2.45) is 23.5 Å². The Bertz CT molecular complexity index is 1030. The van der Waals surface area contributed by atoms with Gasteiger partial charge in [0.2, 0.25) is 5.91 Å². The van der Waals surface area contributed by atoms with Gasteiger partial charge in [0.25, 0.3) is 0 Å². The average Bonchev–Trinajstić information content (AvgIpc) is 2.95. The summed E-state index contributed by atoms with van der Waals surface area (Å²) in [5.74, 6) is 2.84. The van der Waals surface area contributed by atoms with Crippen LogP contribution < -0.4 is 20.5 Å². The minimum atomic E-state index is -0.646. The first kappa shape index (κ1) is 29.4. The number of ether oxygens (including phenoxy) is 2. The summed E-state index contributed by atoms with van der Waals surface area (Å²) in [7, 11) is 0. The second-order valence-corrected chi connectivity index (χ2v) is 11.3. The van der Waals surface area contributed by atoms with Crippen LogP contribution in [0.25, 0.3) is 0 Å². The molecule has 0 spiro atoms. The van der Waals surface area contributed by atoms with Crippen LogP contribution in [0, 0.1) is 17.8 Å². The molecule has 39 heavy (non-hydrogen) atoms. The summed E-state index contributed by atoms with van der Waals surface area (Å²) in [5, 5.41) is 23.8. The Kier molecular flexibility index (Phi) is 11.5. The lowest BCUT2D eigenvalue weighted by molar-refractivity contribution is -0.123. The van der Waals surface area contributed by atoms with Crippen LogP contribution in [-0.2, 0) is 4.79 Å². The lowest BCUT2D eigenvalue weighted by Gasteiger charge is -2.36. The van der Waals surface area contributed by atoms with E-state index in [-0.39, 0.29) is 5.91 Å². The molecule has 2 saturated carbocycles. The molecule has 3 unspecified atom stereocenters. The molecule has 2 fully saturated rings. The highest BCUT2D eigenvalue weighted by atomic mass is 16.5. The predicted molar refractivity (Wildman–Crippen MR) is 152 cm³/mol. The third kappa shape index (κ3) is 9.23. The van der Waals surface area contributed by atoms with Crippen molar-refractivity contribution in [2.45, 2.75) is 76.4 Å². The Morgan fingerprint density at radius 2 is 1.46 bits per heavy atom. The molecular weight excluding hydrogens is 492 g/mol. The van der Waals surface area contributed by atoms with Gasteiger partial charge in [-0.05, 0) is 98.2 Å². The third-order valence-corrected chi connectivity index (χ3v) is 8.36. The van der Waals surface area contributed by atoms with Crippen LogP contribution in [0.1, 0.15) is 87.5 Å². The van der Waals surface area contributed by atoms with Crippen molar-refractivity contribution in [1.29, 1.82) is 0 Å². The van der Waals surface area contributed by atoms with Gasteiger partial charge in [-0.3, -0.25) is 4.79 Å². The fourth-order valence-electron chi connectivity index (χ4n) is 5.67. The van der Waals surface area contributed by atoms with Crippen LogP contribution in [0.15, 0.2) is 48.5 Å². The Morgan fingerprint density at radius 1 is 0.846 bits per heavy atom. The summed E-state index contributed by atoms with van der Waals surface area (Å²) in [6, 6.07) is 15.2. The Morgan fingerprint density at radius 3 is 2.08 bits per heavy atom. The Hall–Kier alpha value is -2.61. The maximum absolute atomic E-state index is 12.6. The van der Waals surface area contributed by atoms with Crippen molar-refractivity contribution in [3.05, 3.63) is 59.7 Å².